The molecule has 26 heavy (non-hydrogen) atoms. The monoisotopic (exact) mass is 361 g/mol. The first-order chi connectivity index (χ1) is 12.7. The number of ether oxygens (including phenoxy) is 3. The second-order valence-electron chi connectivity index (χ2n) is 7.08. The standard InChI is InChI=1S/C20H31N3O3/c1-24-20(25-2)15-8-10-23(11-9-15)17-6-7-18(16(13-17)14-21)22-19-5-3-4-12-26-19/h6-7,13-15,19-22H,3-5,8-12H2,1-2H3. The molecule has 6 nitrogen and oxygen atoms in total. The SMILES string of the molecule is COC(OC)C1CCN(c2ccc(NC3CCCCO3)c(C=N)c2)CC1. The fourth-order valence-electron chi connectivity index (χ4n) is 3.94. The van der Waals surface area contributed by atoms with Gasteiger partial charge >= 0.3 is 0 Å². The van der Waals surface area contributed by atoms with Gasteiger partial charge in [-0.1, -0.05) is 0 Å². The van der Waals surface area contributed by atoms with E-state index in [0.29, 0.717) is 5.92 Å². The third-order valence-corrected chi connectivity index (χ3v) is 5.44. The Hall–Kier alpha value is -1.63. The van der Waals surface area contributed by atoms with E-state index in [0.717, 1.165) is 56.6 Å². The molecule has 144 valence electrons. The Labute approximate surface area is 156 Å². The number of piperidine rings is 1. The van der Waals surface area contributed by atoms with Gasteiger partial charge in [0.2, 0.25) is 0 Å². The maximum absolute atomic E-state index is 7.79. The molecule has 0 bridgehead atoms. The average Bonchev–Trinajstić information content (AvgIpc) is 2.70. The number of benzene rings is 1. The highest BCUT2D eigenvalue weighted by Crippen LogP contribution is 2.29. The van der Waals surface area contributed by atoms with Crippen LogP contribution in [0.1, 0.15) is 37.7 Å². The molecule has 2 N–H and O–H groups in total. The summed E-state index contributed by atoms with van der Waals surface area (Å²) in [4.78, 5) is 2.38. The van der Waals surface area contributed by atoms with Gasteiger partial charge < -0.3 is 29.8 Å². The first-order valence-electron chi connectivity index (χ1n) is 9.58. The molecule has 2 saturated heterocycles. The van der Waals surface area contributed by atoms with Gasteiger partial charge in [-0.3, -0.25) is 0 Å². The van der Waals surface area contributed by atoms with Gasteiger partial charge in [0.1, 0.15) is 6.23 Å². The molecular weight excluding hydrogens is 330 g/mol. The Morgan fingerprint density at radius 3 is 2.58 bits per heavy atom. The summed E-state index contributed by atoms with van der Waals surface area (Å²) in [6.45, 7) is 2.77. The Bertz CT molecular complexity index is 578. The smallest absolute Gasteiger partial charge is 0.159 e. The van der Waals surface area contributed by atoms with Crippen molar-refractivity contribution in [3.8, 4) is 0 Å². The number of hydrogen-bond acceptors (Lipinski definition) is 6. The van der Waals surface area contributed by atoms with Gasteiger partial charge in [0.05, 0.1) is 0 Å². The molecule has 0 amide bonds. The molecule has 2 heterocycles. The van der Waals surface area contributed by atoms with Gasteiger partial charge in [0.15, 0.2) is 6.29 Å². The van der Waals surface area contributed by atoms with Crippen LogP contribution in [-0.2, 0) is 14.2 Å². The molecule has 2 aliphatic heterocycles. The number of methoxy groups -OCH3 is 2. The van der Waals surface area contributed by atoms with Crippen LogP contribution in [0.2, 0.25) is 0 Å². The van der Waals surface area contributed by atoms with E-state index in [1.54, 1.807) is 14.2 Å². The summed E-state index contributed by atoms with van der Waals surface area (Å²) in [6.07, 6.45) is 6.80. The van der Waals surface area contributed by atoms with Crippen molar-refractivity contribution in [2.45, 2.75) is 44.6 Å². The summed E-state index contributed by atoms with van der Waals surface area (Å²) < 4.78 is 16.6. The summed E-state index contributed by atoms with van der Waals surface area (Å²) in [5.74, 6) is 0.438. The molecule has 1 unspecified atom stereocenters. The highest BCUT2D eigenvalue weighted by atomic mass is 16.7. The first kappa shape index (κ1) is 19.1. The van der Waals surface area contributed by atoms with Crippen LogP contribution in [0, 0.1) is 11.3 Å². The first-order valence-corrected chi connectivity index (χ1v) is 9.58. The summed E-state index contributed by atoms with van der Waals surface area (Å²) >= 11 is 0. The number of hydrogen-bond donors (Lipinski definition) is 2. The molecule has 2 fully saturated rings. The van der Waals surface area contributed by atoms with Gasteiger partial charge in [-0.05, 0) is 50.3 Å². The fourth-order valence-corrected chi connectivity index (χ4v) is 3.94. The molecule has 0 aromatic heterocycles. The van der Waals surface area contributed by atoms with E-state index in [9.17, 15) is 0 Å². The van der Waals surface area contributed by atoms with Crippen LogP contribution in [0.25, 0.3) is 0 Å². The fraction of sp³-hybridized carbons (Fsp3) is 0.650. The molecule has 0 aliphatic carbocycles. The Kier molecular flexibility index (Phi) is 6.88. The van der Waals surface area contributed by atoms with Crippen LogP contribution in [-0.4, -0.2) is 52.6 Å². The van der Waals surface area contributed by atoms with Crippen molar-refractivity contribution in [1.29, 1.82) is 5.41 Å². The molecule has 0 saturated carbocycles. The lowest BCUT2D eigenvalue weighted by Gasteiger charge is -2.36. The molecule has 6 heteroatoms. The van der Waals surface area contributed by atoms with Crippen molar-refractivity contribution < 1.29 is 14.2 Å². The van der Waals surface area contributed by atoms with Crippen LogP contribution < -0.4 is 10.2 Å². The van der Waals surface area contributed by atoms with Crippen molar-refractivity contribution in [2.24, 2.45) is 5.92 Å². The Morgan fingerprint density at radius 2 is 1.96 bits per heavy atom. The second kappa shape index (κ2) is 9.35. The van der Waals surface area contributed by atoms with Gasteiger partial charge in [-0.15, -0.1) is 0 Å². The van der Waals surface area contributed by atoms with E-state index in [4.69, 9.17) is 19.6 Å². The molecule has 0 radical (unpaired) electrons. The Balaban J connectivity index is 1.63. The normalized spacial score (nSPS) is 21.8. The van der Waals surface area contributed by atoms with Crippen molar-refractivity contribution in [3.05, 3.63) is 23.8 Å². The van der Waals surface area contributed by atoms with Crippen molar-refractivity contribution in [3.63, 3.8) is 0 Å². The summed E-state index contributed by atoms with van der Waals surface area (Å²) in [7, 11) is 3.41. The Morgan fingerprint density at radius 1 is 1.19 bits per heavy atom. The molecule has 0 spiro atoms. The van der Waals surface area contributed by atoms with E-state index in [1.165, 1.54) is 18.3 Å². The van der Waals surface area contributed by atoms with Gasteiger partial charge in [0.25, 0.3) is 0 Å². The predicted octanol–water partition coefficient (Wildman–Crippen LogP) is 3.46. The molecule has 1 atom stereocenters. The third kappa shape index (κ3) is 4.55. The summed E-state index contributed by atoms with van der Waals surface area (Å²) in [6, 6.07) is 6.32. The van der Waals surface area contributed by atoms with Crippen LogP contribution in [0.4, 0.5) is 11.4 Å². The zero-order valence-electron chi connectivity index (χ0n) is 15.9. The average molecular weight is 361 g/mol. The van der Waals surface area contributed by atoms with Crippen LogP contribution in [0.15, 0.2) is 18.2 Å². The number of nitrogens with one attached hydrogen (secondary N) is 2. The van der Waals surface area contributed by atoms with Gasteiger partial charge in [0, 0.05) is 63.0 Å². The van der Waals surface area contributed by atoms with Gasteiger partial charge in [-0.25, -0.2) is 0 Å². The van der Waals surface area contributed by atoms with Crippen LogP contribution in [0.5, 0.6) is 0 Å². The number of rotatable bonds is 7. The molecular formula is C20H31N3O3. The topological polar surface area (TPSA) is 66.8 Å². The lowest BCUT2D eigenvalue weighted by atomic mass is 9.95. The van der Waals surface area contributed by atoms with Crippen molar-refractivity contribution >= 4 is 17.6 Å². The molecule has 2 aliphatic rings. The largest absolute Gasteiger partial charge is 0.371 e. The zero-order chi connectivity index (χ0) is 18.4. The summed E-state index contributed by atoms with van der Waals surface area (Å²) in [5, 5.41) is 11.2. The van der Waals surface area contributed by atoms with E-state index >= 15 is 0 Å². The minimum absolute atomic E-state index is 0.0593. The van der Waals surface area contributed by atoms with Crippen LogP contribution >= 0.6 is 0 Å². The predicted molar refractivity (Wildman–Crippen MR) is 104 cm³/mol. The highest BCUT2D eigenvalue weighted by molar-refractivity contribution is 5.87. The van der Waals surface area contributed by atoms with Crippen LogP contribution in [0.3, 0.4) is 0 Å². The van der Waals surface area contributed by atoms with E-state index in [2.05, 4.69) is 28.4 Å². The van der Waals surface area contributed by atoms with Crippen molar-refractivity contribution in [1.82, 2.24) is 0 Å². The minimum atomic E-state index is -0.114. The van der Waals surface area contributed by atoms with Gasteiger partial charge in [-0.2, -0.15) is 0 Å². The molecule has 1 aromatic rings. The van der Waals surface area contributed by atoms with E-state index in [1.807, 2.05) is 0 Å². The molecule has 1 aromatic carbocycles. The lowest BCUT2D eigenvalue weighted by Crippen LogP contribution is -2.39. The third-order valence-electron chi connectivity index (χ3n) is 5.44. The van der Waals surface area contributed by atoms with E-state index in [-0.39, 0.29) is 12.5 Å². The number of nitrogens with zero attached hydrogens (tertiary/aromatic N) is 1. The zero-order valence-corrected chi connectivity index (χ0v) is 15.9. The lowest BCUT2D eigenvalue weighted by molar-refractivity contribution is -0.141. The second-order valence-corrected chi connectivity index (χ2v) is 7.08. The quantitative estimate of drug-likeness (QED) is 0.575. The molecule has 3 rings (SSSR count). The highest BCUT2D eigenvalue weighted by Gasteiger charge is 2.27. The maximum Gasteiger partial charge on any atom is 0.159 e. The number of anilines is 2. The van der Waals surface area contributed by atoms with Crippen molar-refractivity contribution in [2.75, 3.05) is 44.1 Å². The van der Waals surface area contributed by atoms with E-state index < -0.39 is 0 Å². The summed E-state index contributed by atoms with van der Waals surface area (Å²) in [5.41, 5.74) is 3.05. The maximum atomic E-state index is 7.79. The minimum Gasteiger partial charge on any atom is -0.371 e.